The number of rotatable bonds is 5. The van der Waals surface area contributed by atoms with Crippen molar-refractivity contribution in [2.45, 2.75) is 31.6 Å². The molecule has 0 radical (unpaired) electrons. The van der Waals surface area contributed by atoms with Gasteiger partial charge in [0.2, 0.25) is 0 Å². The molecule has 0 amide bonds. The summed E-state index contributed by atoms with van der Waals surface area (Å²) in [5, 5.41) is 19.3. The van der Waals surface area contributed by atoms with Gasteiger partial charge in [-0.3, -0.25) is 14.5 Å². The SMILES string of the molecule is CCc1nn(C)c(CC)c1S(=O)(=O)Nc1[nH]ncc1C#N. The fraction of sp³-hybridized carbons (Fsp3) is 0.417. The zero-order chi connectivity index (χ0) is 15.6. The number of nitriles is 1. The molecule has 9 heteroatoms. The Balaban J connectivity index is 2.52. The van der Waals surface area contributed by atoms with Crippen LogP contribution in [0.4, 0.5) is 5.82 Å². The van der Waals surface area contributed by atoms with Crippen LogP contribution in [-0.4, -0.2) is 28.4 Å². The average Bonchev–Trinajstić information content (AvgIpc) is 3.01. The summed E-state index contributed by atoms with van der Waals surface area (Å²) in [4.78, 5) is 0.175. The van der Waals surface area contributed by atoms with Crippen LogP contribution in [0, 0.1) is 11.3 Å². The van der Waals surface area contributed by atoms with Gasteiger partial charge in [0.05, 0.1) is 17.6 Å². The summed E-state index contributed by atoms with van der Waals surface area (Å²) in [6, 6.07) is 1.87. The van der Waals surface area contributed by atoms with Crippen molar-refractivity contribution >= 4 is 15.8 Å². The van der Waals surface area contributed by atoms with E-state index in [4.69, 9.17) is 5.26 Å². The zero-order valence-electron chi connectivity index (χ0n) is 12.0. The minimum Gasteiger partial charge on any atom is -0.271 e. The van der Waals surface area contributed by atoms with E-state index in [2.05, 4.69) is 20.0 Å². The maximum Gasteiger partial charge on any atom is 0.266 e. The largest absolute Gasteiger partial charge is 0.271 e. The Morgan fingerprint density at radius 1 is 1.43 bits per heavy atom. The van der Waals surface area contributed by atoms with Crippen molar-refractivity contribution in [3.63, 3.8) is 0 Å². The molecule has 0 fully saturated rings. The molecule has 0 aliphatic rings. The molecule has 2 N–H and O–H groups in total. The van der Waals surface area contributed by atoms with Crippen LogP contribution >= 0.6 is 0 Å². The lowest BCUT2D eigenvalue weighted by atomic mass is 10.2. The molecule has 0 atom stereocenters. The van der Waals surface area contributed by atoms with Gasteiger partial charge in [-0.1, -0.05) is 13.8 Å². The standard InChI is InChI=1S/C12H16N6O2S/c1-4-9-11(10(5-2)18(3)16-9)21(19,20)17-12-8(6-13)7-14-15-12/h7H,4-5H2,1-3H3,(H2,14,15,17). The van der Waals surface area contributed by atoms with Gasteiger partial charge in [-0.05, 0) is 12.8 Å². The monoisotopic (exact) mass is 308 g/mol. The van der Waals surface area contributed by atoms with Crippen LogP contribution in [0.5, 0.6) is 0 Å². The minimum atomic E-state index is -3.84. The third-order valence-corrected chi connectivity index (χ3v) is 4.60. The molecule has 0 bridgehead atoms. The highest BCUT2D eigenvalue weighted by molar-refractivity contribution is 7.92. The predicted molar refractivity (Wildman–Crippen MR) is 76.1 cm³/mol. The highest BCUT2D eigenvalue weighted by atomic mass is 32.2. The van der Waals surface area contributed by atoms with Gasteiger partial charge in [-0.25, -0.2) is 8.42 Å². The molecular formula is C12H16N6O2S. The van der Waals surface area contributed by atoms with E-state index in [1.807, 2.05) is 19.9 Å². The van der Waals surface area contributed by atoms with E-state index in [1.165, 1.54) is 6.20 Å². The summed E-state index contributed by atoms with van der Waals surface area (Å²) >= 11 is 0. The van der Waals surface area contributed by atoms with Crippen LogP contribution in [0.3, 0.4) is 0 Å². The molecule has 0 saturated carbocycles. The summed E-state index contributed by atoms with van der Waals surface area (Å²) in [5.74, 6) is 0.0606. The van der Waals surface area contributed by atoms with Gasteiger partial charge in [-0.2, -0.15) is 15.5 Å². The quantitative estimate of drug-likeness (QED) is 0.852. The second kappa shape index (κ2) is 5.57. The van der Waals surface area contributed by atoms with E-state index in [1.54, 1.807) is 11.7 Å². The van der Waals surface area contributed by atoms with E-state index in [0.29, 0.717) is 24.2 Å². The van der Waals surface area contributed by atoms with Crippen LogP contribution < -0.4 is 4.72 Å². The zero-order valence-corrected chi connectivity index (χ0v) is 12.8. The Morgan fingerprint density at radius 3 is 2.71 bits per heavy atom. The van der Waals surface area contributed by atoms with Crippen LogP contribution in [0.2, 0.25) is 0 Å². The molecule has 2 rings (SSSR count). The molecule has 0 spiro atoms. The second-order valence-corrected chi connectivity index (χ2v) is 6.05. The number of aromatic amines is 1. The summed E-state index contributed by atoms with van der Waals surface area (Å²) in [6.07, 6.45) is 2.30. The number of H-pyrrole nitrogens is 1. The number of anilines is 1. The Bertz CT molecular complexity index is 796. The topological polar surface area (TPSA) is 116 Å². The molecule has 21 heavy (non-hydrogen) atoms. The molecule has 8 nitrogen and oxygen atoms in total. The lowest BCUT2D eigenvalue weighted by Crippen LogP contribution is -2.17. The van der Waals surface area contributed by atoms with Crippen molar-refractivity contribution in [1.82, 2.24) is 20.0 Å². The fourth-order valence-electron chi connectivity index (χ4n) is 2.17. The molecule has 0 aliphatic heterocycles. The molecule has 0 aromatic carbocycles. The molecule has 112 valence electrons. The first-order valence-corrected chi connectivity index (χ1v) is 7.93. The summed E-state index contributed by atoms with van der Waals surface area (Å²) in [5.41, 5.74) is 1.26. The maximum absolute atomic E-state index is 12.6. The number of nitrogens with zero attached hydrogens (tertiary/aromatic N) is 4. The van der Waals surface area contributed by atoms with Crippen LogP contribution in [0.1, 0.15) is 30.8 Å². The number of aryl methyl sites for hydroxylation is 2. The molecule has 2 aromatic rings. The van der Waals surface area contributed by atoms with Crippen LogP contribution in [0.25, 0.3) is 0 Å². The minimum absolute atomic E-state index is 0.0606. The number of nitrogens with one attached hydrogen (secondary N) is 2. The van der Waals surface area contributed by atoms with Crippen LogP contribution in [-0.2, 0) is 29.9 Å². The van der Waals surface area contributed by atoms with Gasteiger partial charge in [0, 0.05) is 7.05 Å². The third kappa shape index (κ3) is 2.62. The molecular weight excluding hydrogens is 292 g/mol. The van der Waals surface area contributed by atoms with E-state index in [0.717, 1.165) is 0 Å². The van der Waals surface area contributed by atoms with Crippen molar-refractivity contribution < 1.29 is 8.42 Å². The first kappa shape index (κ1) is 15.1. The van der Waals surface area contributed by atoms with Crippen LogP contribution in [0.15, 0.2) is 11.1 Å². The van der Waals surface area contributed by atoms with E-state index < -0.39 is 10.0 Å². The maximum atomic E-state index is 12.6. The van der Waals surface area contributed by atoms with Gasteiger partial charge < -0.3 is 0 Å². The Morgan fingerprint density at radius 2 is 2.14 bits per heavy atom. The summed E-state index contributed by atoms with van der Waals surface area (Å²) in [7, 11) is -2.12. The first-order valence-electron chi connectivity index (χ1n) is 6.45. The summed E-state index contributed by atoms with van der Waals surface area (Å²) in [6.45, 7) is 3.71. The van der Waals surface area contributed by atoms with Gasteiger partial charge in [0.15, 0.2) is 5.82 Å². The van der Waals surface area contributed by atoms with Crippen molar-refractivity contribution in [1.29, 1.82) is 5.26 Å². The Kier molecular flexibility index (Phi) is 3.99. The van der Waals surface area contributed by atoms with Gasteiger partial charge >= 0.3 is 0 Å². The lowest BCUT2D eigenvalue weighted by molar-refractivity contribution is 0.598. The van der Waals surface area contributed by atoms with Gasteiger partial charge in [0.1, 0.15) is 16.5 Å². The van der Waals surface area contributed by atoms with Crippen molar-refractivity contribution in [3.05, 3.63) is 23.1 Å². The highest BCUT2D eigenvalue weighted by Crippen LogP contribution is 2.24. The van der Waals surface area contributed by atoms with E-state index in [9.17, 15) is 8.42 Å². The van der Waals surface area contributed by atoms with E-state index >= 15 is 0 Å². The Labute approximate surface area is 122 Å². The molecule has 0 unspecified atom stereocenters. The third-order valence-electron chi connectivity index (χ3n) is 3.12. The normalized spacial score (nSPS) is 11.3. The highest BCUT2D eigenvalue weighted by Gasteiger charge is 2.27. The molecule has 0 saturated heterocycles. The second-order valence-electron chi connectivity index (χ2n) is 4.43. The smallest absolute Gasteiger partial charge is 0.266 e. The average molecular weight is 308 g/mol. The number of sulfonamides is 1. The van der Waals surface area contributed by atoms with E-state index in [-0.39, 0.29) is 16.3 Å². The molecule has 2 aromatic heterocycles. The van der Waals surface area contributed by atoms with Crippen molar-refractivity contribution in [2.24, 2.45) is 7.05 Å². The number of hydrogen-bond acceptors (Lipinski definition) is 5. The summed E-state index contributed by atoms with van der Waals surface area (Å²) < 4.78 is 29.2. The lowest BCUT2D eigenvalue weighted by Gasteiger charge is -2.08. The fourth-order valence-corrected chi connectivity index (χ4v) is 3.77. The van der Waals surface area contributed by atoms with Gasteiger partial charge in [0.25, 0.3) is 10.0 Å². The van der Waals surface area contributed by atoms with Gasteiger partial charge in [-0.15, -0.1) is 0 Å². The number of aromatic nitrogens is 4. The van der Waals surface area contributed by atoms with Crippen molar-refractivity contribution in [3.8, 4) is 6.07 Å². The first-order chi connectivity index (χ1) is 9.94. The Hall–Kier alpha value is -2.34. The number of hydrogen-bond donors (Lipinski definition) is 2. The predicted octanol–water partition coefficient (Wildman–Crippen LogP) is 0.940. The molecule has 2 heterocycles. The van der Waals surface area contributed by atoms with Crippen molar-refractivity contribution in [2.75, 3.05) is 4.72 Å². The molecule has 0 aliphatic carbocycles.